The standard InChI is InChI=1S/C16H17NO4/c1-3-19-14-6-5-11-17-15(14)21-13-9-7-12(8-10-13)16(18)20-4-2/h5-11H,3-4H2,1-2H3. The van der Waals surface area contributed by atoms with Gasteiger partial charge in [-0.1, -0.05) is 0 Å². The molecule has 0 spiro atoms. The van der Waals surface area contributed by atoms with Crippen molar-refractivity contribution in [2.24, 2.45) is 0 Å². The molecule has 0 bridgehead atoms. The summed E-state index contributed by atoms with van der Waals surface area (Å²) in [5.74, 6) is 1.19. The minimum atomic E-state index is -0.350. The molecule has 110 valence electrons. The highest BCUT2D eigenvalue weighted by Gasteiger charge is 2.09. The molecule has 1 heterocycles. The van der Waals surface area contributed by atoms with E-state index in [1.165, 1.54) is 0 Å². The van der Waals surface area contributed by atoms with Crippen LogP contribution in [0.5, 0.6) is 17.4 Å². The van der Waals surface area contributed by atoms with Gasteiger partial charge < -0.3 is 14.2 Å². The van der Waals surface area contributed by atoms with Crippen LogP contribution in [0.25, 0.3) is 0 Å². The number of hydrogen-bond acceptors (Lipinski definition) is 5. The number of hydrogen-bond donors (Lipinski definition) is 0. The average Bonchev–Trinajstić information content (AvgIpc) is 2.50. The number of pyridine rings is 1. The first-order valence-corrected chi connectivity index (χ1v) is 6.77. The van der Waals surface area contributed by atoms with Gasteiger partial charge in [-0.05, 0) is 50.2 Å². The van der Waals surface area contributed by atoms with Gasteiger partial charge in [0, 0.05) is 6.20 Å². The quantitative estimate of drug-likeness (QED) is 0.762. The summed E-state index contributed by atoms with van der Waals surface area (Å²) in [4.78, 5) is 15.7. The molecule has 0 fully saturated rings. The fraction of sp³-hybridized carbons (Fsp3) is 0.250. The zero-order chi connectivity index (χ0) is 15.1. The molecule has 0 aliphatic rings. The lowest BCUT2D eigenvalue weighted by molar-refractivity contribution is 0.0526. The maximum atomic E-state index is 11.6. The third-order valence-electron chi connectivity index (χ3n) is 2.62. The summed E-state index contributed by atoms with van der Waals surface area (Å²) in [7, 11) is 0. The molecule has 5 nitrogen and oxygen atoms in total. The summed E-state index contributed by atoms with van der Waals surface area (Å²) in [6.07, 6.45) is 1.63. The van der Waals surface area contributed by atoms with Gasteiger partial charge in [-0.3, -0.25) is 0 Å². The van der Waals surface area contributed by atoms with Gasteiger partial charge in [0.25, 0.3) is 5.88 Å². The molecule has 2 rings (SSSR count). The van der Waals surface area contributed by atoms with Crippen molar-refractivity contribution in [3.8, 4) is 17.4 Å². The second-order valence-corrected chi connectivity index (χ2v) is 4.09. The lowest BCUT2D eigenvalue weighted by atomic mass is 10.2. The third kappa shape index (κ3) is 3.95. The van der Waals surface area contributed by atoms with Gasteiger partial charge in [-0.2, -0.15) is 0 Å². The molecule has 0 amide bonds. The molecule has 0 atom stereocenters. The summed E-state index contributed by atoms with van der Waals surface area (Å²) >= 11 is 0. The SMILES string of the molecule is CCOC(=O)c1ccc(Oc2ncccc2OCC)cc1. The van der Waals surface area contributed by atoms with Gasteiger partial charge in [-0.15, -0.1) is 0 Å². The summed E-state index contributed by atoms with van der Waals surface area (Å²) in [5, 5.41) is 0. The third-order valence-corrected chi connectivity index (χ3v) is 2.62. The number of aromatic nitrogens is 1. The van der Waals surface area contributed by atoms with Crippen molar-refractivity contribution in [1.29, 1.82) is 0 Å². The van der Waals surface area contributed by atoms with Crippen molar-refractivity contribution in [1.82, 2.24) is 4.98 Å². The van der Waals surface area contributed by atoms with Crippen LogP contribution in [0.4, 0.5) is 0 Å². The number of carbonyl (C=O) groups is 1. The molecular weight excluding hydrogens is 270 g/mol. The molecule has 1 aromatic heterocycles. The number of nitrogens with zero attached hydrogens (tertiary/aromatic N) is 1. The second kappa shape index (κ2) is 7.28. The summed E-state index contributed by atoms with van der Waals surface area (Å²) in [5.41, 5.74) is 0.482. The highest BCUT2D eigenvalue weighted by atomic mass is 16.5. The maximum absolute atomic E-state index is 11.6. The number of ether oxygens (including phenoxy) is 3. The van der Waals surface area contributed by atoms with Gasteiger partial charge >= 0.3 is 5.97 Å². The van der Waals surface area contributed by atoms with E-state index < -0.39 is 0 Å². The first kappa shape index (κ1) is 14.8. The van der Waals surface area contributed by atoms with E-state index in [-0.39, 0.29) is 5.97 Å². The van der Waals surface area contributed by atoms with Gasteiger partial charge in [0.15, 0.2) is 5.75 Å². The molecule has 21 heavy (non-hydrogen) atoms. The molecule has 0 unspecified atom stereocenters. The van der Waals surface area contributed by atoms with Gasteiger partial charge in [0.1, 0.15) is 5.75 Å². The van der Waals surface area contributed by atoms with E-state index in [1.54, 1.807) is 49.5 Å². The van der Waals surface area contributed by atoms with Crippen molar-refractivity contribution in [3.05, 3.63) is 48.2 Å². The highest BCUT2D eigenvalue weighted by Crippen LogP contribution is 2.28. The lowest BCUT2D eigenvalue weighted by Crippen LogP contribution is -2.04. The molecule has 0 aliphatic carbocycles. The van der Waals surface area contributed by atoms with E-state index in [2.05, 4.69) is 4.98 Å². The Balaban J connectivity index is 2.12. The largest absolute Gasteiger partial charge is 0.488 e. The normalized spacial score (nSPS) is 10.0. The van der Waals surface area contributed by atoms with E-state index in [9.17, 15) is 4.79 Å². The number of carbonyl (C=O) groups excluding carboxylic acids is 1. The molecule has 5 heteroatoms. The average molecular weight is 287 g/mol. The van der Waals surface area contributed by atoms with Crippen LogP contribution in [0.1, 0.15) is 24.2 Å². The Labute approximate surface area is 123 Å². The van der Waals surface area contributed by atoms with Crippen molar-refractivity contribution in [3.63, 3.8) is 0 Å². The van der Waals surface area contributed by atoms with E-state index in [0.29, 0.717) is 36.2 Å². The van der Waals surface area contributed by atoms with Gasteiger partial charge in [0.05, 0.1) is 18.8 Å². The van der Waals surface area contributed by atoms with Crippen LogP contribution in [0, 0.1) is 0 Å². The number of rotatable bonds is 6. The van der Waals surface area contributed by atoms with E-state index >= 15 is 0 Å². The van der Waals surface area contributed by atoms with Crippen molar-refractivity contribution in [2.45, 2.75) is 13.8 Å². The predicted molar refractivity (Wildman–Crippen MR) is 77.9 cm³/mol. The molecule has 2 aromatic rings. The van der Waals surface area contributed by atoms with Crippen molar-refractivity contribution < 1.29 is 19.0 Å². The first-order chi connectivity index (χ1) is 10.2. The zero-order valence-electron chi connectivity index (χ0n) is 12.0. The minimum Gasteiger partial charge on any atom is -0.488 e. The summed E-state index contributed by atoms with van der Waals surface area (Å²) in [6, 6.07) is 10.3. The monoisotopic (exact) mass is 287 g/mol. The predicted octanol–water partition coefficient (Wildman–Crippen LogP) is 3.45. The zero-order valence-corrected chi connectivity index (χ0v) is 12.0. The lowest BCUT2D eigenvalue weighted by Gasteiger charge is -2.10. The van der Waals surface area contributed by atoms with Crippen LogP contribution in [0.15, 0.2) is 42.6 Å². The molecule has 0 saturated carbocycles. The van der Waals surface area contributed by atoms with E-state index in [1.807, 2.05) is 6.92 Å². The molecule has 1 aromatic carbocycles. The highest BCUT2D eigenvalue weighted by molar-refractivity contribution is 5.89. The summed E-state index contributed by atoms with van der Waals surface area (Å²) in [6.45, 7) is 4.54. The van der Waals surface area contributed by atoms with Crippen LogP contribution >= 0.6 is 0 Å². The Morgan fingerprint density at radius 2 is 1.86 bits per heavy atom. The topological polar surface area (TPSA) is 57.7 Å². The molecular formula is C16H17NO4. The number of benzene rings is 1. The fourth-order valence-corrected chi connectivity index (χ4v) is 1.70. The van der Waals surface area contributed by atoms with Gasteiger partial charge in [-0.25, -0.2) is 9.78 Å². The van der Waals surface area contributed by atoms with Crippen LogP contribution in [-0.4, -0.2) is 24.2 Å². The molecule has 0 aliphatic heterocycles. The van der Waals surface area contributed by atoms with E-state index in [4.69, 9.17) is 14.2 Å². The second-order valence-electron chi connectivity index (χ2n) is 4.09. The van der Waals surface area contributed by atoms with Gasteiger partial charge in [0.2, 0.25) is 0 Å². The van der Waals surface area contributed by atoms with Crippen molar-refractivity contribution >= 4 is 5.97 Å². The fourth-order valence-electron chi connectivity index (χ4n) is 1.70. The first-order valence-electron chi connectivity index (χ1n) is 6.77. The van der Waals surface area contributed by atoms with Crippen LogP contribution in [-0.2, 0) is 4.74 Å². The maximum Gasteiger partial charge on any atom is 0.338 e. The van der Waals surface area contributed by atoms with Crippen LogP contribution < -0.4 is 9.47 Å². The molecule has 0 radical (unpaired) electrons. The summed E-state index contributed by atoms with van der Waals surface area (Å²) < 4.78 is 16.0. The molecule has 0 saturated heterocycles. The Hall–Kier alpha value is -2.56. The Morgan fingerprint density at radius 3 is 2.52 bits per heavy atom. The Bertz CT molecular complexity index is 595. The minimum absolute atomic E-state index is 0.350. The Kier molecular flexibility index (Phi) is 5.15. The number of esters is 1. The van der Waals surface area contributed by atoms with Crippen LogP contribution in [0.2, 0.25) is 0 Å². The van der Waals surface area contributed by atoms with Crippen LogP contribution in [0.3, 0.4) is 0 Å². The smallest absolute Gasteiger partial charge is 0.338 e. The Morgan fingerprint density at radius 1 is 1.10 bits per heavy atom. The van der Waals surface area contributed by atoms with Crippen molar-refractivity contribution in [2.75, 3.05) is 13.2 Å². The van der Waals surface area contributed by atoms with E-state index in [0.717, 1.165) is 0 Å². The molecule has 0 N–H and O–H groups in total.